The van der Waals surface area contributed by atoms with Crippen LogP contribution in [0.5, 0.6) is 0 Å². The number of allylic oxidation sites excluding steroid dienone is 2. The lowest BCUT2D eigenvalue weighted by Gasteiger charge is -2.16. The minimum absolute atomic E-state index is 0.383. The van der Waals surface area contributed by atoms with Gasteiger partial charge in [0.05, 0.1) is 17.2 Å². The predicted molar refractivity (Wildman–Crippen MR) is 104 cm³/mol. The highest BCUT2D eigenvalue weighted by Gasteiger charge is 2.31. The predicted octanol–water partition coefficient (Wildman–Crippen LogP) is 5.19. The number of nitrogens with zero attached hydrogens (tertiary/aromatic N) is 3. The molecule has 0 radical (unpaired) electrons. The Morgan fingerprint density at radius 2 is 1.96 bits per heavy atom. The topological polar surface area (TPSA) is 56.2 Å². The first-order valence-electron chi connectivity index (χ1n) is 8.16. The molecule has 0 fully saturated rings. The lowest BCUT2D eigenvalue weighted by atomic mass is 9.97. The first-order chi connectivity index (χ1) is 12.6. The molecule has 0 amide bonds. The van der Waals surface area contributed by atoms with Gasteiger partial charge in [-0.05, 0) is 32.0 Å². The van der Waals surface area contributed by atoms with Crippen LogP contribution in [0.4, 0.5) is 13.2 Å². The first-order valence-corrected chi connectivity index (χ1v) is 8.54. The van der Waals surface area contributed by atoms with Gasteiger partial charge in [0.1, 0.15) is 6.54 Å². The van der Waals surface area contributed by atoms with Crippen molar-refractivity contribution in [2.24, 2.45) is 10.7 Å². The van der Waals surface area contributed by atoms with E-state index in [0.717, 1.165) is 0 Å². The molecule has 1 aromatic carbocycles. The molecular weight excluding hydrogens is 377 g/mol. The monoisotopic (exact) mass is 394 g/mol. The fourth-order valence-corrected chi connectivity index (χ4v) is 3.60. The second-order valence-electron chi connectivity index (χ2n) is 6.31. The number of halogens is 4. The van der Waals surface area contributed by atoms with Gasteiger partial charge < -0.3 is 10.3 Å². The zero-order valence-electron chi connectivity index (χ0n) is 15.0. The second kappa shape index (κ2) is 6.88. The molecule has 2 aromatic heterocycles. The summed E-state index contributed by atoms with van der Waals surface area (Å²) in [6, 6.07) is 4.98. The molecule has 0 bridgehead atoms. The van der Waals surface area contributed by atoms with Gasteiger partial charge >= 0.3 is 6.18 Å². The third-order valence-electron chi connectivity index (χ3n) is 4.42. The Labute approximate surface area is 159 Å². The molecule has 8 heteroatoms. The van der Waals surface area contributed by atoms with Crippen molar-refractivity contribution >= 4 is 44.7 Å². The van der Waals surface area contributed by atoms with E-state index in [9.17, 15) is 13.2 Å². The molecule has 27 heavy (non-hydrogen) atoms. The van der Waals surface area contributed by atoms with Gasteiger partial charge in [0.2, 0.25) is 0 Å². The molecule has 0 aliphatic carbocycles. The van der Waals surface area contributed by atoms with Crippen LogP contribution in [0.1, 0.15) is 19.4 Å². The summed E-state index contributed by atoms with van der Waals surface area (Å²) in [5, 5.41) is 1.66. The minimum Gasteiger partial charge on any atom is -0.402 e. The maximum absolute atomic E-state index is 13.3. The third-order valence-corrected chi connectivity index (χ3v) is 4.64. The van der Waals surface area contributed by atoms with Crippen LogP contribution in [-0.2, 0) is 6.54 Å². The van der Waals surface area contributed by atoms with Crippen LogP contribution in [0.3, 0.4) is 0 Å². The number of fused-ring (bicyclic) bond motifs is 3. The average molecular weight is 395 g/mol. The summed E-state index contributed by atoms with van der Waals surface area (Å²) in [6.45, 7) is 2.30. The number of benzene rings is 1. The zero-order chi connectivity index (χ0) is 19.9. The van der Waals surface area contributed by atoms with E-state index >= 15 is 0 Å². The van der Waals surface area contributed by atoms with E-state index in [4.69, 9.17) is 17.3 Å². The van der Waals surface area contributed by atoms with Gasteiger partial charge in [-0.1, -0.05) is 11.6 Å². The smallest absolute Gasteiger partial charge is 0.402 e. The van der Waals surface area contributed by atoms with Gasteiger partial charge in [-0.3, -0.25) is 9.98 Å². The van der Waals surface area contributed by atoms with Crippen molar-refractivity contribution in [2.45, 2.75) is 26.6 Å². The molecule has 142 valence electrons. The molecule has 0 atom stereocenters. The van der Waals surface area contributed by atoms with Crippen molar-refractivity contribution in [3.63, 3.8) is 0 Å². The molecule has 0 aliphatic rings. The largest absolute Gasteiger partial charge is 0.406 e. The number of pyridine rings is 1. The summed E-state index contributed by atoms with van der Waals surface area (Å²) >= 11 is 6.31. The Morgan fingerprint density at radius 1 is 1.26 bits per heavy atom. The maximum atomic E-state index is 13.3. The summed E-state index contributed by atoms with van der Waals surface area (Å²) < 4.78 is 41.2. The highest BCUT2D eigenvalue weighted by atomic mass is 35.5. The Hall–Kier alpha value is -2.54. The van der Waals surface area contributed by atoms with E-state index < -0.39 is 12.7 Å². The summed E-state index contributed by atoms with van der Waals surface area (Å²) in [7, 11) is 1.61. The number of alkyl halides is 3. The first kappa shape index (κ1) is 19.2. The minimum atomic E-state index is -4.40. The quantitative estimate of drug-likeness (QED) is 0.622. The zero-order valence-corrected chi connectivity index (χ0v) is 15.8. The van der Waals surface area contributed by atoms with Crippen molar-refractivity contribution in [2.75, 3.05) is 7.05 Å². The van der Waals surface area contributed by atoms with Gasteiger partial charge in [-0.25, -0.2) is 0 Å². The van der Waals surface area contributed by atoms with Gasteiger partial charge in [-0.15, -0.1) is 0 Å². The third kappa shape index (κ3) is 3.51. The highest BCUT2D eigenvalue weighted by molar-refractivity contribution is 6.34. The molecule has 2 N–H and O–H groups in total. The van der Waals surface area contributed by atoms with E-state index in [1.807, 2.05) is 0 Å². The van der Waals surface area contributed by atoms with Crippen LogP contribution < -0.4 is 5.73 Å². The molecule has 0 spiro atoms. The standard InChI is InChI=1S/C19H18ClF3N4/c1-10(24)17(11(2)25-3)15-7-12(20)6-14-13-4-5-26-8-16(13)27(18(14)15)9-19(21,22)23/h4-8H,9,24H2,1-3H3. The number of hydrogen-bond donors (Lipinski definition) is 1. The fourth-order valence-electron chi connectivity index (χ4n) is 3.38. The summed E-state index contributed by atoms with van der Waals surface area (Å²) in [5.74, 6) is 0. The molecule has 4 nitrogen and oxygen atoms in total. The van der Waals surface area contributed by atoms with Crippen molar-refractivity contribution in [3.05, 3.63) is 46.9 Å². The van der Waals surface area contributed by atoms with E-state index in [1.54, 1.807) is 45.3 Å². The van der Waals surface area contributed by atoms with Crippen molar-refractivity contribution in [3.8, 4) is 0 Å². The molecule has 0 unspecified atom stereocenters. The normalized spacial score (nSPS) is 14.1. The van der Waals surface area contributed by atoms with E-state index in [0.29, 0.717) is 49.4 Å². The average Bonchev–Trinajstić information content (AvgIpc) is 2.87. The van der Waals surface area contributed by atoms with Crippen molar-refractivity contribution < 1.29 is 13.2 Å². The lowest BCUT2D eigenvalue weighted by Crippen LogP contribution is -2.18. The van der Waals surface area contributed by atoms with Crippen LogP contribution in [0.15, 0.2) is 41.3 Å². The van der Waals surface area contributed by atoms with E-state index in [2.05, 4.69) is 9.98 Å². The molecule has 3 rings (SSSR count). The number of rotatable bonds is 3. The molecule has 0 saturated heterocycles. The summed E-state index contributed by atoms with van der Waals surface area (Å²) in [6.07, 6.45) is -1.43. The summed E-state index contributed by atoms with van der Waals surface area (Å²) in [5.41, 5.74) is 9.01. The van der Waals surface area contributed by atoms with E-state index in [1.165, 1.54) is 10.8 Å². The Balaban J connectivity index is 2.54. The molecule has 0 saturated carbocycles. The van der Waals surface area contributed by atoms with Gasteiger partial charge in [0.25, 0.3) is 0 Å². The molecule has 3 aromatic rings. The van der Waals surface area contributed by atoms with E-state index in [-0.39, 0.29) is 0 Å². The fraction of sp³-hybridized carbons (Fsp3) is 0.263. The molecular formula is C19H18ClF3N4. The number of hydrogen-bond acceptors (Lipinski definition) is 3. The number of nitrogens with two attached hydrogens (primary N) is 1. The molecule has 0 aliphatic heterocycles. The Bertz CT molecular complexity index is 1090. The lowest BCUT2D eigenvalue weighted by molar-refractivity contribution is -0.139. The van der Waals surface area contributed by atoms with Crippen LogP contribution in [0.25, 0.3) is 27.4 Å². The van der Waals surface area contributed by atoms with Crippen LogP contribution in [0.2, 0.25) is 5.02 Å². The van der Waals surface area contributed by atoms with Gasteiger partial charge in [0.15, 0.2) is 0 Å². The van der Waals surface area contributed by atoms with Crippen LogP contribution in [-0.4, -0.2) is 28.5 Å². The van der Waals surface area contributed by atoms with Crippen molar-refractivity contribution in [1.82, 2.24) is 9.55 Å². The highest BCUT2D eigenvalue weighted by Crippen LogP contribution is 2.38. The number of aromatic nitrogens is 2. The van der Waals surface area contributed by atoms with Gasteiger partial charge in [-0.2, -0.15) is 13.2 Å². The van der Waals surface area contributed by atoms with Crippen molar-refractivity contribution in [1.29, 1.82) is 0 Å². The second-order valence-corrected chi connectivity index (χ2v) is 6.75. The summed E-state index contributed by atoms with van der Waals surface area (Å²) in [4.78, 5) is 8.17. The number of aliphatic imine (C=N–C) groups is 1. The van der Waals surface area contributed by atoms with Crippen LogP contribution >= 0.6 is 11.6 Å². The SMILES string of the molecule is CN=C(C)C(=C(C)N)c1cc(Cl)cc2c3ccncc3n(CC(F)(F)F)c12. The molecule has 2 heterocycles. The Morgan fingerprint density at radius 3 is 2.56 bits per heavy atom. The maximum Gasteiger partial charge on any atom is 0.406 e. The van der Waals surface area contributed by atoms with Crippen LogP contribution in [0, 0.1) is 0 Å². The Kier molecular flexibility index (Phi) is 4.90. The van der Waals surface area contributed by atoms with Gasteiger partial charge in [0, 0.05) is 51.6 Å².